The Bertz CT molecular complexity index is 605. The number of pyridine rings is 1. The molecule has 0 bridgehead atoms. The van der Waals surface area contributed by atoms with E-state index in [-0.39, 0.29) is 0 Å². The lowest BCUT2D eigenvalue weighted by atomic mass is 10.1. The highest BCUT2D eigenvalue weighted by atomic mass is 32.2. The van der Waals surface area contributed by atoms with Gasteiger partial charge >= 0.3 is 0 Å². The number of benzene rings is 1. The third kappa shape index (κ3) is 3.33. The van der Waals surface area contributed by atoms with E-state index in [4.69, 9.17) is 11.0 Å². The van der Waals surface area contributed by atoms with Gasteiger partial charge in [0.2, 0.25) is 5.91 Å². The second-order valence-corrected chi connectivity index (χ2v) is 4.93. The maximum absolute atomic E-state index is 11.5. The number of rotatable bonds is 4. The van der Waals surface area contributed by atoms with Crippen molar-refractivity contribution in [3.05, 3.63) is 59.8 Å². The van der Waals surface area contributed by atoms with E-state index >= 15 is 0 Å². The Morgan fingerprint density at radius 2 is 2.00 bits per heavy atom. The predicted octanol–water partition coefficient (Wildman–Crippen LogP) is 2.27. The third-order valence-electron chi connectivity index (χ3n) is 2.46. The Labute approximate surface area is 115 Å². The fourth-order valence-electron chi connectivity index (χ4n) is 1.56. The van der Waals surface area contributed by atoms with Gasteiger partial charge in [-0.05, 0) is 17.7 Å². The Kier molecular flexibility index (Phi) is 4.16. The average molecular weight is 269 g/mol. The average Bonchev–Trinajstić information content (AvgIpc) is 2.46. The van der Waals surface area contributed by atoms with Gasteiger partial charge in [0.1, 0.15) is 11.3 Å². The highest BCUT2D eigenvalue weighted by molar-refractivity contribution is 8.00. The van der Waals surface area contributed by atoms with Gasteiger partial charge in [-0.2, -0.15) is 5.26 Å². The fourth-order valence-corrected chi connectivity index (χ4v) is 2.47. The van der Waals surface area contributed by atoms with Crippen molar-refractivity contribution in [2.24, 2.45) is 5.73 Å². The van der Waals surface area contributed by atoms with Gasteiger partial charge in [0.25, 0.3) is 0 Å². The van der Waals surface area contributed by atoms with Crippen molar-refractivity contribution in [3.8, 4) is 6.07 Å². The van der Waals surface area contributed by atoms with Gasteiger partial charge in [-0.3, -0.25) is 4.79 Å². The lowest BCUT2D eigenvalue weighted by molar-refractivity contribution is -0.117. The van der Waals surface area contributed by atoms with Gasteiger partial charge in [0.15, 0.2) is 0 Å². The predicted molar refractivity (Wildman–Crippen MR) is 73.2 cm³/mol. The molecule has 1 aromatic heterocycles. The Balaban J connectivity index is 2.22. The van der Waals surface area contributed by atoms with Crippen LogP contribution in [0.1, 0.15) is 16.4 Å². The number of hydrogen-bond acceptors (Lipinski definition) is 4. The number of thioether (sulfide) groups is 1. The molecule has 0 saturated heterocycles. The molecule has 0 spiro atoms. The smallest absolute Gasteiger partial charge is 0.235 e. The first kappa shape index (κ1) is 13.1. The van der Waals surface area contributed by atoms with E-state index in [9.17, 15) is 4.79 Å². The summed E-state index contributed by atoms with van der Waals surface area (Å²) in [6.45, 7) is 0. The third-order valence-corrected chi connectivity index (χ3v) is 3.69. The minimum absolute atomic E-state index is 0.414. The Morgan fingerprint density at radius 1 is 1.26 bits per heavy atom. The second kappa shape index (κ2) is 6.03. The van der Waals surface area contributed by atoms with Gasteiger partial charge in [0.05, 0.1) is 10.6 Å². The summed E-state index contributed by atoms with van der Waals surface area (Å²) in [6.07, 6.45) is 1.48. The number of hydrogen-bond donors (Lipinski definition) is 1. The molecule has 0 aliphatic carbocycles. The molecule has 1 unspecified atom stereocenters. The first-order chi connectivity index (χ1) is 9.20. The van der Waals surface area contributed by atoms with Crippen LogP contribution in [0.15, 0.2) is 53.7 Å². The highest BCUT2D eigenvalue weighted by Gasteiger charge is 2.19. The van der Waals surface area contributed by atoms with E-state index in [1.807, 2.05) is 36.4 Å². The molecule has 0 saturated carbocycles. The maximum atomic E-state index is 11.5. The monoisotopic (exact) mass is 269 g/mol. The van der Waals surface area contributed by atoms with Gasteiger partial charge in [0, 0.05) is 6.20 Å². The number of carbonyl (C=O) groups is 1. The zero-order chi connectivity index (χ0) is 13.7. The van der Waals surface area contributed by atoms with Gasteiger partial charge in [-0.1, -0.05) is 42.1 Å². The Hall–Kier alpha value is -2.32. The number of aromatic nitrogens is 1. The summed E-state index contributed by atoms with van der Waals surface area (Å²) >= 11 is 1.27. The van der Waals surface area contributed by atoms with Crippen molar-refractivity contribution in [1.82, 2.24) is 4.98 Å². The topological polar surface area (TPSA) is 79.8 Å². The molecule has 1 aromatic carbocycles. The van der Waals surface area contributed by atoms with Crippen LogP contribution >= 0.6 is 11.8 Å². The fraction of sp³-hybridized carbons (Fsp3) is 0.0714. The van der Waals surface area contributed by atoms with E-state index in [1.165, 1.54) is 18.0 Å². The standard InChI is InChI=1S/C14H11N3OS/c15-8-10-6-7-12(17-9-10)19-13(14(16)18)11-4-2-1-3-5-11/h1-7,9,13H,(H2,16,18). The van der Waals surface area contributed by atoms with Crippen LogP contribution in [0, 0.1) is 11.3 Å². The molecule has 1 amide bonds. The molecular weight excluding hydrogens is 258 g/mol. The first-order valence-corrected chi connectivity index (χ1v) is 6.46. The second-order valence-electron chi connectivity index (χ2n) is 3.81. The summed E-state index contributed by atoms with van der Waals surface area (Å²) in [5, 5.41) is 8.88. The summed E-state index contributed by atoms with van der Waals surface area (Å²) in [5.41, 5.74) is 6.76. The molecular formula is C14H11N3OS. The van der Waals surface area contributed by atoms with Crippen LogP contribution in [0.4, 0.5) is 0 Å². The molecule has 0 radical (unpaired) electrons. The molecule has 2 aromatic rings. The largest absolute Gasteiger partial charge is 0.368 e. The summed E-state index contributed by atoms with van der Waals surface area (Å²) in [7, 11) is 0. The molecule has 1 atom stereocenters. The quantitative estimate of drug-likeness (QED) is 0.863. The molecule has 2 rings (SSSR count). The van der Waals surface area contributed by atoms with Crippen molar-refractivity contribution in [2.75, 3.05) is 0 Å². The summed E-state index contributed by atoms with van der Waals surface area (Å²) in [5.74, 6) is -0.414. The normalized spacial score (nSPS) is 11.5. The van der Waals surface area contributed by atoms with Crippen molar-refractivity contribution in [2.45, 2.75) is 10.3 Å². The Morgan fingerprint density at radius 3 is 2.53 bits per heavy atom. The molecule has 19 heavy (non-hydrogen) atoms. The van der Waals surface area contributed by atoms with Gasteiger partial charge < -0.3 is 5.73 Å². The summed E-state index contributed by atoms with van der Waals surface area (Å²) in [6, 6.07) is 14.7. The molecule has 2 N–H and O–H groups in total. The van der Waals surface area contributed by atoms with Crippen LogP contribution < -0.4 is 5.73 Å². The number of carbonyl (C=O) groups excluding carboxylic acids is 1. The zero-order valence-electron chi connectivity index (χ0n) is 9.98. The van der Waals surface area contributed by atoms with Crippen LogP contribution in [0.2, 0.25) is 0 Å². The molecule has 1 heterocycles. The first-order valence-electron chi connectivity index (χ1n) is 5.58. The molecule has 4 nitrogen and oxygen atoms in total. The number of nitriles is 1. The van der Waals surface area contributed by atoms with E-state index in [1.54, 1.807) is 12.1 Å². The van der Waals surface area contributed by atoms with Gasteiger partial charge in [-0.25, -0.2) is 4.98 Å². The van der Waals surface area contributed by atoms with Crippen LogP contribution in [0.25, 0.3) is 0 Å². The number of primary amides is 1. The number of nitrogens with two attached hydrogens (primary N) is 1. The number of amides is 1. The lowest BCUT2D eigenvalue weighted by Gasteiger charge is -2.12. The van der Waals surface area contributed by atoms with E-state index in [0.717, 1.165) is 5.56 Å². The van der Waals surface area contributed by atoms with Crippen molar-refractivity contribution in [1.29, 1.82) is 5.26 Å². The van der Waals surface area contributed by atoms with Crippen LogP contribution in [-0.4, -0.2) is 10.9 Å². The van der Waals surface area contributed by atoms with E-state index in [0.29, 0.717) is 10.6 Å². The van der Waals surface area contributed by atoms with Gasteiger partial charge in [-0.15, -0.1) is 0 Å². The molecule has 94 valence electrons. The van der Waals surface area contributed by atoms with E-state index in [2.05, 4.69) is 4.98 Å². The minimum Gasteiger partial charge on any atom is -0.368 e. The maximum Gasteiger partial charge on any atom is 0.235 e. The van der Waals surface area contributed by atoms with Crippen LogP contribution in [-0.2, 0) is 4.79 Å². The molecule has 0 aliphatic heterocycles. The van der Waals surface area contributed by atoms with Crippen molar-refractivity contribution < 1.29 is 4.79 Å². The zero-order valence-corrected chi connectivity index (χ0v) is 10.8. The van der Waals surface area contributed by atoms with Crippen LogP contribution in [0.5, 0.6) is 0 Å². The van der Waals surface area contributed by atoms with E-state index < -0.39 is 11.2 Å². The van der Waals surface area contributed by atoms with Crippen molar-refractivity contribution >= 4 is 17.7 Å². The molecule has 0 aliphatic rings. The van der Waals surface area contributed by atoms with Crippen molar-refractivity contribution in [3.63, 3.8) is 0 Å². The SMILES string of the molecule is N#Cc1ccc(SC(C(N)=O)c2ccccc2)nc1. The lowest BCUT2D eigenvalue weighted by Crippen LogP contribution is -2.18. The number of nitrogens with zero attached hydrogens (tertiary/aromatic N) is 2. The van der Waals surface area contributed by atoms with Crippen LogP contribution in [0.3, 0.4) is 0 Å². The summed E-state index contributed by atoms with van der Waals surface area (Å²) < 4.78 is 0. The minimum atomic E-state index is -0.485. The molecule has 5 heteroatoms. The highest BCUT2D eigenvalue weighted by Crippen LogP contribution is 2.33. The molecule has 0 fully saturated rings. The summed E-state index contributed by atoms with van der Waals surface area (Å²) in [4.78, 5) is 15.7.